The minimum Gasteiger partial charge on any atom is -0.435 e. The normalized spacial score (nSPS) is 12.7. The smallest absolute Gasteiger partial charge is 0.387 e. The quantitative estimate of drug-likeness (QED) is 0.697. The van der Waals surface area contributed by atoms with Crippen molar-refractivity contribution in [2.24, 2.45) is 0 Å². The molecule has 1 aromatic heterocycles. The number of thiophene rings is 1. The summed E-state index contributed by atoms with van der Waals surface area (Å²) in [6.07, 6.45) is 0. The first-order chi connectivity index (χ1) is 8.97. The third-order valence-corrected chi connectivity index (χ3v) is 4.22. The summed E-state index contributed by atoms with van der Waals surface area (Å²) in [7, 11) is 0. The number of hydrogen-bond acceptors (Lipinski definition) is 2. The van der Waals surface area contributed by atoms with E-state index in [1.54, 1.807) is 23.5 Å². The summed E-state index contributed by atoms with van der Waals surface area (Å²) < 4.78 is 28.4. The second-order valence-electron chi connectivity index (χ2n) is 4.18. The van der Waals surface area contributed by atoms with Gasteiger partial charge in [0.05, 0.1) is 5.38 Å². The fourth-order valence-electron chi connectivity index (χ4n) is 1.90. The highest BCUT2D eigenvalue weighted by Crippen LogP contribution is 2.35. The van der Waals surface area contributed by atoms with Crippen molar-refractivity contribution in [2.75, 3.05) is 0 Å². The molecule has 0 spiro atoms. The molecule has 0 amide bonds. The highest BCUT2D eigenvalue weighted by molar-refractivity contribution is 7.12. The minimum atomic E-state index is -2.81. The Morgan fingerprint density at radius 2 is 1.79 bits per heavy atom. The van der Waals surface area contributed by atoms with Crippen LogP contribution in [-0.4, -0.2) is 6.61 Å². The van der Waals surface area contributed by atoms with Gasteiger partial charge in [0.2, 0.25) is 0 Å². The molecule has 0 radical (unpaired) electrons. The van der Waals surface area contributed by atoms with Crippen LogP contribution >= 0.6 is 22.9 Å². The van der Waals surface area contributed by atoms with Crippen LogP contribution < -0.4 is 4.74 Å². The Hall–Kier alpha value is -1.13. The van der Waals surface area contributed by atoms with Crippen molar-refractivity contribution >= 4 is 22.9 Å². The van der Waals surface area contributed by atoms with Gasteiger partial charge in [-0.2, -0.15) is 8.78 Å². The van der Waals surface area contributed by atoms with Gasteiger partial charge in [-0.15, -0.1) is 22.9 Å². The second kappa shape index (κ2) is 5.88. The molecule has 0 aliphatic rings. The number of alkyl halides is 3. The molecule has 1 atom stereocenters. The summed E-state index contributed by atoms with van der Waals surface area (Å²) in [6.45, 7) is 1.25. The first kappa shape index (κ1) is 14.3. The van der Waals surface area contributed by atoms with Crippen LogP contribution in [0.2, 0.25) is 0 Å². The highest BCUT2D eigenvalue weighted by atomic mass is 35.5. The van der Waals surface area contributed by atoms with Crippen LogP contribution in [0.3, 0.4) is 0 Å². The minimum absolute atomic E-state index is 0.140. The second-order valence-corrected chi connectivity index (χ2v) is 6.08. The predicted molar refractivity (Wildman–Crippen MR) is 74.6 cm³/mol. The monoisotopic (exact) mass is 302 g/mol. The van der Waals surface area contributed by atoms with Crippen molar-refractivity contribution in [3.8, 4) is 5.75 Å². The zero-order chi connectivity index (χ0) is 14.0. The van der Waals surface area contributed by atoms with Crippen molar-refractivity contribution in [3.05, 3.63) is 51.2 Å². The maximum absolute atomic E-state index is 12.1. The number of aryl methyl sites for hydroxylation is 2. The zero-order valence-corrected chi connectivity index (χ0v) is 12.1. The lowest BCUT2D eigenvalue weighted by molar-refractivity contribution is -0.0498. The molecule has 2 aromatic rings. The Labute approximate surface area is 119 Å². The number of hydrogen-bond donors (Lipinski definition) is 0. The number of ether oxygens (including phenoxy) is 1. The molecule has 5 heteroatoms. The van der Waals surface area contributed by atoms with Gasteiger partial charge in [0, 0.05) is 9.75 Å². The van der Waals surface area contributed by atoms with Crippen molar-refractivity contribution in [2.45, 2.75) is 25.8 Å². The summed E-state index contributed by atoms with van der Waals surface area (Å²) >= 11 is 8.12. The Bertz CT molecular complexity index is 551. The molecular weight excluding hydrogens is 290 g/mol. The van der Waals surface area contributed by atoms with Gasteiger partial charge in [-0.25, -0.2) is 0 Å². The zero-order valence-electron chi connectivity index (χ0n) is 10.5. The molecular formula is C14H13ClF2OS. The number of rotatable bonds is 4. The lowest BCUT2D eigenvalue weighted by Gasteiger charge is -2.11. The van der Waals surface area contributed by atoms with Crippen molar-refractivity contribution in [1.82, 2.24) is 0 Å². The molecule has 0 N–H and O–H groups in total. The maximum atomic E-state index is 12.1. The molecule has 1 aromatic carbocycles. The van der Waals surface area contributed by atoms with Crippen LogP contribution in [0, 0.1) is 13.8 Å². The van der Waals surface area contributed by atoms with E-state index in [4.69, 9.17) is 11.6 Å². The molecule has 1 unspecified atom stereocenters. The van der Waals surface area contributed by atoms with Crippen LogP contribution in [-0.2, 0) is 0 Å². The fraction of sp³-hybridized carbons (Fsp3) is 0.286. The molecule has 1 heterocycles. The van der Waals surface area contributed by atoms with Crippen LogP contribution in [0.4, 0.5) is 8.78 Å². The van der Waals surface area contributed by atoms with Crippen LogP contribution in [0.25, 0.3) is 0 Å². The average Bonchev–Trinajstić information content (AvgIpc) is 2.68. The lowest BCUT2D eigenvalue weighted by Crippen LogP contribution is -2.02. The molecule has 0 saturated heterocycles. The summed E-state index contributed by atoms with van der Waals surface area (Å²) in [5.41, 5.74) is 1.93. The van der Waals surface area contributed by atoms with Crippen LogP contribution in [0.1, 0.15) is 26.3 Å². The molecule has 102 valence electrons. The largest absolute Gasteiger partial charge is 0.435 e. The van der Waals surface area contributed by atoms with E-state index in [9.17, 15) is 8.78 Å². The van der Waals surface area contributed by atoms with Gasteiger partial charge in [0.1, 0.15) is 5.75 Å². The SMILES string of the molecule is Cc1cc(C(Cl)c2ccc(OC(F)F)cc2)c(C)s1. The van der Waals surface area contributed by atoms with Gasteiger partial charge in [-0.1, -0.05) is 12.1 Å². The van der Waals surface area contributed by atoms with Gasteiger partial charge in [0.15, 0.2) is 0 Å². The van der Waals surface area contributed by atoms with E-state index >= 15 is 0 Å². The van der Waals surface area contributed by atoms with Gasteiger partial charge in [-0.05, 0) is 43.2 Å². The van der Waals surface area contributed by atoms with E-state index < -0.39 is 6.61 Å². The third kappa shape index (κ3) is 3.45. The van der Waals surface area contributed by atoms with E-state index in [-0.39, 0.29) is 11.1 Å². The van der Waals surface area contributed by atoms with E-state index in [2.05, 4.69) is 10.8 Å². The molecule has 1 nitrogen and oxygen atoms in total. The highest BCUT2D eigenvalue weighted by Gasteiger charge is 2.15. The van der Waals surface area contributed by atoms with Gasteiger partial charge >= 0.3 is 6.61 Å². The maximum Gasteiger partial charge on any atom is 0.387 e. The Morgan fingerprint density at radius 1 is 1.16 bits per heavy atom. The summed E-state index contributed by atoms with van der Waals surface area (Å²) in [5, 5.41) is -0.273. The molecule has 0 saturated carbocycles. The van der Waals surface area contributed by atoms with Gasteiger partial charge in [0.25, 0.3) is 0 Å². The molecule has 2 rings (SSSR count). The summed E-state index contributed by atoms with van der Waals surface area (Å²) in [4.78, 5) is 2.38. The molecule has 0 aliphatic heterocycles. The predicted octanol–water partition coefficient (Wildman–Crippen LogP) is 5.29. The van der Waals surface area contributed by atoms with E-state index in [0.717, 1.165) is 11.1 Å². The summed E-state index contributed by atoms with van der Waals surface area (Å²) in [6, 6.07) is 8.49. The third-order valence-electron chi connectivity index (χ3n) is 2.75. The van der Waals surface area contributed by atoms with E-state index in [0.29, 0.717) is 0 Å². The number of benzene rings is 1. The average molecular weight is 303 g/mol. The number of halogens is 3. The molecule has 19 heavy (non-hydrogen) atoms. The first-order valence-corrected chi connectivity index (χ1v) is 6.98. The molecule has 0 fully saturated rings. The van der Waals surface area contributed by atoms with Crippen molar-refractivity contribution < 1.29 is 13.5 Å². The van der Waals surface area contributed by atoms with E-state index in [1.165, 1.54) is 21.9 Å². The fourth-order valence-corrected chi connectivity index (χ4v) is 3.30. The standard InChI is InChI=1S/C14H13ClF2OS/c1-8-7-12(9(2)19-8)13(15)10-3-5-11(6-4-10)18-14(16)17/h3-7,13-14H,1-2H3. The first-order valence-electron chi connectivity index (χ1n) is 5.73. The van der Waals surface area contributed by atoms with Gasteiger partial charge < -0.3 is 4.74 Å². The Balaban J connectivity index is 2.20. The molecule has 0 aliphatic carbocycles. The van der Waals surface area contributed by atoms with Crippen molar-refractivity contribution in [1.29, 1.82) is 0 Å². The Kier molecular flexibility index (Phi) is 4.42. The van der Waals surface area contributed by atoms with Gasteiger partial charge in [-0.3, -0.25) is 0 Å². The lowest BCUT2D eigenvalue weighted by atomic mass is 10.0. The van der Waals surface area contributed by atoms with Crippen LogP contribution in [0.15, 0.2) is 30.3 Å². The summed E-state index contributed by atoms with van der Waals surface area (Å²) in [5.74, 6) is 0.140. The topological polar surface area (TPSA) is 9.23 Å². The van der Waals surface area contributed by atoms with Crippen LogP contribution in [0.5, 0.6) is 5.75 Å². The van der Waals surface area contributed by atoms with Crippen molar-refractivity contribution in [3.63, 3.8) is 0 Å². The Morgan fingerprint density at radius 3 is 2.26 bits per heavy atom. The van der Waals surface area contributed by atoms with E-state index in [1.807, 2.05) is 13.8 Å². The molecule has 0 bridgehead atoms.